The van der Waals surface area contributed by atoms with Crippen LogP contribution in [-0.2, 0) is 0 Å². The van der Waals surface area contributed by atoms with E-state index in [0.29, 0.717) is 18.9 Å². The first-order valence-corrected chi connectivity index (χ1v) is 7.21. The van der Waals surface area contributed by atoms with Gasteiger partial charge in [-0.3, -0.25) is 0 Å². The highest BCUT2D eigenvalue weighted by Crippen LogP contribution is 2.38. The Morgan fingerprint density at radius 3 is 2.89 bits per heavy atom. The molecule has 2 fully saturated rings. The maximum absolute atomic E-state index is 5.49. The van der Waals surface area contributed by atoms with Gasteiger partial charge in [-0.05, 0) is 37.8 Å². The van der Waals surface area contributed by atoms with Gasteiger partial charge in [0.1, 0.15) is 0 Å². The number of hydrogen-bond acceptors (Lipinski definition) is 4. The van der Waals surface area contributed by atoms with E-state index in [0.717, 1.165) is 30.5 Å². The summed E-state index contributed by atoms with van der Waals surface area (Å²) >= 11 is 0. The van der Waals surface area contributed by atoms with Gasteiger partial charge in [-0.25, -0.2) is 0 Å². The summed E-state index contributed by atoms with van der Waals surface area (Å²) in [5.74, 6) is 2.64. The molecule has 1 aromatic carbocycles. The van der Waals surface area contributed by atoms with Crippen molar-refractivity contribution in [3.05, 3.63) is 18.2 Å². The highest BCUT2D eigenvalue weighted by molar-refractivity contribution is 5.58. The van der Waals surface area contributed by atoms with E-state index in [1.807, 2.05) is 6.07 Å². The monoisotopic (exact) mass is 260 g/mol. The number of piperazine rings is 1. The standard InChI is InChI=1S/C15H20N2O2/c1-10-7-16-13(11-2-3-11)8-17(10)12-4-5-14-15(6-12)19-9-18-14/h4-6,10-11,13,16H,2-3,7-9H2,1H3. The number of nitrogens with zero attached hydrogens (tertiary/aromatic N) is 1. The Morgan fingerprint density at radius 1 is 1.21 bits per heavy atom. The van der Waals surface area contributed by atoms with E-state index in [2.05, 4.69) is 29.3 Å². The Labute approximate surface area is 113 Å². The Hall–Kier alpha value is -1.42. The smallest absolute Gasteiger partial charge is 0.231 e. The molecule has 1 saturated heterocycles. The number of fused-ring (bicyclic) bond motifs is 1. The summed E-state index contributed by atoms with van der Waals surface area (Å²) in [6, 6.07) is 7.48. The van der Waals surface area contributed by atoms with Gasteiger partial charge in [0.2, 0.25) is 6.79 Å². The van der Waals surface area contributed by atoms with E-state index in [4.69, 9.17) is 9.47 Å². The zero-order valence-corrected chi connectivity index (χ0v) is 11.3. The average Bonchev–Trinajstić information content (AvgIpc) is 3.17. The summed E-state index contributed by atoms with van der Waals surface area (Å²) in [7, 11) is 0. The summed E-state index contributed by atoms with van der Waals surface area (Å²) in [5.41, 5.74) is 1.25. The van der Waals surface area contributed by atoms with Crippen LogP contribution < -0.4 is 19.7 Å². The van der Waals surface area contributed by atoms with E-state index < -0.39 is 0 Å². The molecule has 0 spiro atoms. The van der Waals surface area contributed by atoms with Crippen molar-refractivity contribution in [1.29, 1.82) is 0 Å². The van der Waals surface area contributed by atoms with Crippen molar-refractivity contribution in [1.82, 2.24) is 5.32 Å². The number of ether oxygens (including phenoxy) is 2. The Bertz CT molecular complexity index is 487. The van der Waals surface area contributed by atoms with Crippen LogP contribution in [0.3, 0.4) is 0 Å². The van der Waals surface area contributed by atoms with Gasteiger partial charge in [0, 0.05) is 36.9 Å². The van der Waals surface area contributed by atoms with Gasteiger partial charge in [0.15, 0.2) is 11.5 Å². The van der Waals surface area contributed by atoms with E-state index in [1.54, 1.807) is 0 Å². The molecule has 1 N–H and O–H groups in total. The highest BCUT2D eigenvalue weighted by atomic mass is 16.7. The molecule has 4 heteroatoms. The van der Waals surface area contributed by atoms with Crippen LogP contribution in [0, 0.1) is 5.92 Å². The summed E-state index contributed by atoms with van der Waals surface area (Å²) in [6.45, 7) is 4.79. The van der Waals surface area contributed by atoms with E-state index in [-0.39, 0.29) is 0 Å². The predicted octanol–water partition coefficient (Wildman–Crippen LogP) is 1.99. The fourth-order valence-corrected chi connectivity index (χ4v) is 3.13. The largest absolute Gasteiger partial charge is 0.454 e. The zero-order chi connectivity index (χ0) is 12.8. The lowest BCUT2D eigenvalue weighted by atomic mass is 10.1. The van der Waals surface area contributed by atoms with Crippen LogP contribution in [0.15, 0.2) is 18.2 Å². The zero-order valence-electron chi connectivity index (χ0n) is 11.3. The molecule has 102 valence electrons. The fourth-order valence-electron chi connectivity index (χ4n) is 3.13. The second-order valence-electron chi connectivity index (χ2n) is 5.89. The van der Waals surface area contributed by atoms with Crippen LogP contribution in [0.2, 0.25) is 0 Å². The summed E-state index contributed by atoms with van der Waals surface area (Å²) in [4.78, 5) is 2.50. The van der Waals surface area contributed by atoms with Crippen molar-refractivity contribution in [2.24, 2.45) is 5.92 Å². The lowest BCUT2D eigenvalue weighted by Crippen LogP contribution is -2.56. The van der Waals surface area contributed by atoms with Crippen molar-refractivity contribution in [2.45, 2.75) is 31.8 Å². The van der Waals surface area contributed by atoms with E-state index >= 15 is 0 Å². The summed E-state index contributed by atoms with van der Waals surface area (Å²) in [5, 5.41) is 3.69. The maximum atomic E-state index is 5.49. The first-order valence-electron chi connectivity index (χ1n) is 7.21. The molecule has 0 radical (unpaired) electrons. The lowest BCUT2D eigenvalue weighted by molar-refractivity contribution is 0.174. The number of anilines is 1. The molecule has 3 aliphatic rings. The van der Waals surface area contributed by atoms with Crippen molar-refractivity contribution < 1.29 is 9.47 Å². The van der Waals surface area contributed by atoms with Crippen molar-refractivity contribution >= 4 is 5.69 Å². The first-order chi connectivity index (χ1) is 9.31. The molecule has 4 nitrogen and oxygen atoms in total. The third kappa shape index (κ3) is 2.04. The molecule has 19 heavy (non-hydrogen) atoms. The molecule has 2 aliphatic heterocycles. The second-order valence-corrected chi connectivity index (χ2v) is 5.89. The second kappa shape index (κ2) is 4.30. The van der Waals surface area contributed by atoms with Gasteiger partial charge >= 0.3 is 0 Å². The number of nitrogens with one attached hydrogen (secondary N) is 1. The van der Waals surface area contributed by atoms with Gasteiger partial charge in [-0.2, -0.15) is 0 Å². The SMILES string of the molecule is CC1CNC(C2CC2)CN1c1ccc2c(c1)OCO2. The Balaban J connectivity index is 1.58. The minimum Gasteiger partial charge on any atom is -0.454 e. The van der Waals surface area contributed by atoms with Gasteiger partial charge in [0.05, 0.1) is 0 Å². The average molecular weight is 260 g/mol. The topological polar surface area (TPSA) is 33.7 Å². The molecule has 2 heterocycles. The first kappa shape index (κ1) is 11.4. The number of benzene rings is 1. The quantitative estimate of drug-likeness (QED) is 0.881. The van der Waals surface area contributed by atoms with Crippen LogP contribution in [0.25, 0.3) is 0 Å². The molecule has 1 aliphatic carbocycles. The van der Waals surface area contributed by atoms with Gasteiger partial charge in [0.25, 0.3) is 0 Å². The number of rotatable bonds is 2. The minimum absolute atomic E-state index is 0.348. The Morgan fingerprint density at radius 2 is 2.05 bits per heavy atom. The molecule has 0 bridgehead atoms. The Kier molecular flexibility index (Phi) is 2.58. The molecule has 0 amide bonds. The van der Waals surface area contributed by atoms with Crippen LogP contribution in [0.1, 0.15) is 19.8 Å². The fraction of sp³-hybridized carbons (Fsp3) is 0.600. The van der Waals surface area contributed by atoms with Crippen molar-refractivity contribution in [3.8, 4) is 11.5 Å². The molecule has 4 rings (SSSR count). The van der Waals surface area contributed by atoms with E-state index in [9.17, 15) is 0 Å². The third-order valence-electron chi connectivity index (χ3n) is 4.48. The molecule has 0 aromatic heterocycles. The third-order valence-corrected chi connectivity index (χ3v) is 4.48. The molecular weight excluding hydrogens is 240 g/mol. The normalized spacial score (nSPS) is 29.6. The van der Waals surface area contributed by atoms with Crippen molar-refractivity contribution in [2.75, 3.05) is 24.8 Å². The molecule has 2 unspecified atom stereocenters. The van der Waals surface area contributed by atoms with E-state index in [1.165, 1.54) is 18.5 Å². The van der Waals surface area contributed by atoms with Gasteiger partial charge < -0.3 is 19.7 Å². The molecule has 1 saturated carbocycles. The highest BCUT2D eigenvalue weighted by Gasteiger charge is 2.36. The van der Waals surface area contributed by atoms with Gasteiger partial charge in [-0.15, -0.1) is 0 Å². The van der Waals surface area contributed by atoms with Crippen LogP contribution >= 0.6 is 0 Å². The van der Waals surface area contributed by atoms with Crippen LogP contribution in [0.4, 0.5) is 5.69 Å². The molecule has 1 aromatic rings. The van der Waals surface area contributed by atoms with Crippen LogP contribution in [-0.4, -0.2) is 32.0 Å². The van der Waals surface area contributed by atoms with Gasteiger partial charge in [-0.1, -0.05) is 0 Å². The summed E-state index contributed by atoms with van der Waals surface area (Å²) in [6.07, 6.45) is 2.78. The van der Waals surface area contributed by atoms with Crippen molar-refractivity contribution in [3.63, 3.8) is 0 Å². The predicted molar refractivity (Wildman–Crippen MR) is 73.9 cm³/mol. The summed E-state index contributed by atoms with van der Waals surface area (Å²) < 4.78 is 10.9. The molecule has 2 atom stereocenters. The minimum atomic E-state index is 0.348. The van der Waals surface area contributed by atoms with Crippen LogP contribution in [0.5, 0.6) is 11.5 Å². The maximum Gasteiger partial charge on any atom is 0.231 e. The lowest BCUT2D eigenvalue weighted by Gasteiger charge is -2.40. The number of hydrogen-bond donors (Lipinski definition) is 1. The molecular formula is C15H20N2O2.